The van der Waals surface area contributed by atoms with E-state index in [-0.39, 0.29) is 24.2 Å². The van der Waals surface area contributed by atoms with E-state index in [4.69, 9.17) is 0 Å². The number of amides is 1. The largest absolute Gasteiger partial charge is 0.348 e. The molecule has 6 nitrogen and oxygen atoms in total. The molecule has 0 radical (unpaired) electrons. The van der Waals surface area contributed by atoms with E-state index in [0.717, 1.165) is 23.9 Å². The molecule has 8 heteroatoms. The van der Waals surface area contributed by atoms with Crippen molar-refractivity contribution < 1.29 is 13.6 Å². The van der Waals surface area contributed by atoms with Crippen molar-refractivity contribution >= 4 is 5.91 Å². The number of carbonyl (C=O) groups excluding carboxylic acids is 1. The lowest BCUT2D eigenvalue weighted by molar-refractivity contribution is -0.122. The summed E-state index contributed by atoms with van der Waals surface area (Å²) < 4.78 is 30.4. The third kappa shape index (κ3) is 3.89. The summed E-state index contributed by atoms with van der Waals surface area (Å²) in [5.41, 5.74) is 1.59. The van der Waals surface area contributed by atoms with Crippen molar-refractivity contribution in [2.75, 3.05) is 0 Å². The van der Waals surface area contributed by atoms with Crippen molar-refractivity contribution in [1.82, 2.24) is 24.6 Å². The number of nitrogens with one attached hydrogen (secondary N) is 1. The third-order valence-electron chi connectivity index (χ3n) is 4.46. The van der Waals surface area contributed by atoms with Gasteiger partial charge in [-0.05, 0) is 26.0 Å². The van der Waals surface area contributed by atoms with Crippen LogP contribution < -0.4 is 5.32 Å². The van der Waals surface area contributed by atoms with Crippen LogP contribution in [0.25, 0.3) is 5.69 Å². The molecule has 0 unspecified atom stereocenters. The summed E-state index contributed by atoms with van der Waals surface area (Å²) in [6.45, 7) is 5.76. The molecule has 142 valence electrons. The van der Waals surface area contributed by atoms with Crippen LogP contribution in [0.5, 0.6) is 0 Å². The smallest absolute Gasteiger partial charge is 0.240 e. The second kappa shape index (κ2) is 7.69. The predicted molar refractivity (Wildman–Crippen MR) is 96.4 cm³/mol. The Kier molecular flexibility index (Phi) is 5.34. The van der Waals surface area contributed by atoms with Crippen molar-refractivity contribution in [3.05, 3.63) is 65.5 Å². The number of benzene rings is 1. The monoisotopic (exact) mass is 373 g/mol. The van der Waals surface area contributed by atoms with Gasteiger partial charge in [-0.2, -0.15) is 5.10 Å². The summed E-state index contributed by atoms with van der Waals surface area (Å²) >= 11 is 0. The van der Waals surface area contributed by atoms with Gasteiger partial charge >= 0.3 is 0 Å². The Bertz CT molecular complexity index is 963. The highest BCUT2D eigenvalue weighted by Crippen LogP contribution is 2.22. The van der Waals surface area contributed by atoms with Crippen LogP contribution in [0.2, 0.25) is 0 Å². The number of hydrogen-bond donors (Lipinski definition) is 1. The summed E-state index contributed by atoms with van der Waals surface area (Å²) in [6.07, 6.45) is 5.76. The third-order valence-corrected chi connectivity index (χ3v) is 4.46. The lowest BCUT2D eigenvalue weighted by Crippen LogP contribution is -2.30. The van der Waals surface area contributed by atoms with Gasteiger partial charge in [-0.3, -0.25) is 4.79 Å². The Morgan fingerprint density at radius 1 is 1.33 bits per heavy atom. The Morgan fingerprint density at radius 3 is 2.81 bits per heavy atom. The minimum absolute atomic E-state index is 0.157. The van der Waals surface area contributed by atoms with Crippen LogP contribution in [0.3, 0.4) is 0 Å². The van der Waals surface area contributed by atoms with E-state index in [1.807, 2.05) is 13.8 Å². The van der Waals surface area contributed by atoms with Crippen molar-refractivity contribution in [3.8, 4) is 5.69 Å². The summed E-state index contributed by atoms with van der Waals surface area (Å²) in [5, 5.41) is 7.12. The lowest BCUT2D eigenvalue weighted by atomic mass is 10.1. The van der Waals surface area contributed by atoms with E-state index >= 15 is 0 Å². The molecule has 3 aromatic rings. The fourth-order valence-corrected chi connectivity index (χ4v) is 3.06. The lowest BCUT2D eigenvalue weighted by Gasteiger charge is -2.15. The second-order valence-electron chi connectivity index (χ2n) is 6.31. The first kappa shape index (κ1) is 18.8. The van der Waals surface area contributed by atoms with Crippen LogP contribution in [0.1, 0.15) is 37.0 Å². The van der Waals surface area contributed by atoms with Gasteiger partial charge in [0.25, 0.3) is 0 Å². The molecule has 1 aromatic carbocycles. The molecule has 0 saturated heterocycles. The fourth-order valence-electron chi connectivity index (χ4n) is 3.06. The van der Waals surface area contributed by atoms with Crippen molar-refractivity contribution in [1.29, 1.82) is 0 Å². The maximum Gasteiger partial charge on any atom is 0.240 e. The molecule has 0 aliphatic heterocycles. The molecule has 0 bridgehead atoms. The van der Waals surface area contributed by atoms with Crippen molar-refractivity contribution in [2.45, 2.75) is 39.8 Å². The average molecular weight is 373 g/mol. The molecule has 0 aliphatic rings. The molecule has 1 atom stereocenters. The standard InChI is InChI=1S/C19H21F2N5O/c1-4-18-22-7-8-25(18)11-19(27)24-12(2)15-10-23-26(13(15)3)17-6-5-14(20)9-16(17)21/h5-10,12H,4,11H2,1-3H3,(H,24,27)/t12-/m0/s1. The van der Waals surface area contributed by atoms with E-state index in [0.29, 0.717) is 5.69 Å². The highest BCUT2D eigenvalue weighted by molar-refractivity contribution is 5.76. The van der Waals surface area contributed by atoms with Crippen LogP contribution in [0.4, 0.5) is 8.78 Å². The quantitative estimate of drug-likeness (QED) is 0.722. The van der Waals surface area contributed by atoms with E-state index < -0.39 is 11.6 Å². The fraction of sp³-hybridized carbons (Fsp3) is 0.316. The van der Waals surface area contributed by atoms with E-state index in [1.54, 1.807) is 30.1 Å². The van der Waals surface area contributed by atoms with E-state index in [1.165, 1.54) is 16.8 Å². The minimum atomic E-state index is -0.698. The van der Waals surface area contributed by atoms with E-state index in [9.17, 15) is 13.6 Å². The molecule has 1 N–H and O–H groups in total. The Morgan fingerprint density at radius 2 is 2.11 bits per heavy atom. The second-order valence-corrected chi connectivity index (χ2v) is 6.31. The van der Waals surface area contributed by atoms with Gasteiger partial charge in [0.2, 0.25) is 5.91 Å². The number of aromatic nitrogens is 4. The van der Waals surface area contributed by atoms with Crippen LogP contribution >= 0.6 is 0 Å². The van der Waals surface area contributed by atoms with Gasteiger partial charge in [0.05, 0.1) is 12.2 Å². The maximum absolute atomic E-state index is 14.0. The molecule has 3 rings (SSSR count). The van der Waals surface area contributed by atoms with Crippen LogP contribution in [-0.2, 0) is 17.8 Å². The first-order valence-electron chi connectivity index (χ1n) is 8.70. The summed E-state index contributed by atoms with van der Waals surface area (Å²) in [4.78, 5) is 16.6. The Hall–Kier alpha value is -3.03. The Balaban J connectivity index is 1.75. The van der Waals surface area contributed by atoms with Gasteiger partial charge in [0.15, 0.2) is 5.82 Å². The van der Waals surface area contributed by atoms with Gasteiger partial charge in [-0.15, -0.1) is 0 Å². The molecule has 0 saturated carbocycles. The minimum Gasteiger partial charge on any atom is -0.348 e. The number of carbonyl (C=O) groups is 1. The highest BCUT2D eigenvalue weighted by atomic mass is 19.1. The topological polar surface area (TPSA) is 64.7 Å². The molecule has 0 aliphatic carbocycles. The van der Waals surface area contributed by atoms with Crippen LogP contribution in [0.15, 0.2) is 36.8 Å². The zero-order chi connectivity index (χ0) is 19.6. The number of hydrogen-bond acceptors (Lipinski definition) is 3. The molecule has 0 fully saturated rings. The molecule has 1 amide bonds. The number of imidazole rings is 1. The molecule has 2 heterocycles. The average Bonchev–Trinajstić information content (AvgIpc) is 3.21. The highest BCUT2D eigenvalue weighted by Gasteiger charge is 2.18. The van der Waals surface area contributed by atoms with E-state index in [2.05, 4.69) is 15.4 Å². The predicted octanol–water partition coefficient (Wildman–Crippen LogP) is 3.10. The normalized spacial score (nSPS) is 12.2. The number of halogens is 2. The van der Waals surface area contributed by atoms with Crippen molar-refractivity contribution in [2.24, 2.45) is 0 Å². The van der Waals surface area contributed by atoms with Crippen molar-refractivity contribution in [3.63, 3.8) is 0 Å². The summed E-state index contributed by atoms with van der Waals surface area (Å²) in [5.74, 6) is -0.659. The SMILES string of the molecule is CCc1nccn1CC(=O)N[C@@H](C)c1cnn(-c2ccc(F)cc2F)c1C. The molecular weight excluding hydrogens is 352 g/mol. The first-order chi connectivity index (χ1) is 12.9. The summed E-state index contributed by atoms with van der Waals surface area (Å²) in [6, 6.07) is 3.02. The zero-order valence-electron chi connectivity index (χ0n) is 15.4. The first-order valence-corrected chi connectivity index (χ1v) is 8.70. The Labute approximate surface area is 155 Å². The van der Waals surface area contributed by atoms with Gasteiger partial charge in [0.1, 0.15) is 23.9 Å². The molecule has 27 heavy (non-hydrogen) atoms. The van der Waals surface area contributed by atoms with Crippen LogP contribution in [0, 0.1) is 18.6 Å². The van der Waals surface area contributed by atoms with Crippen LogP contribution in [-0.4, -0.2) is 25.2 Å². The molecule has 2 aromatic heterocycles. The number of aryl methyl sites for hydroxylation is 1. The maximum atomic E-state index is 14.0. The molecular formula is C19H21F2N5O. The summed E-state index contributed by atoms with van der Waals surface area (Å²) in [7, 11) is 0. The van der Waals surface area contributed by atoms with Gasteiger partial charge < -0.3 is 9.88 Å². The number of rotatable bonds is 6. The zero-order valence-corrected chi connectivity index (χ0v) is 15.4. The van der Waals surface area contributed by atoms with Gasteiger partial charge in [-0.1, -0.05) is 6.92 Å². The van der Waals surface area contributed by atoms with Gasteiger partial charge in [0, 0.05) is 36.1 Å². The number of nitrogens with zero attached hydrogens (tertiary/aromatic N) is 4. The van der Waals surface area contributed by atoms with Gasteiger partial charge in [-0.25, -0.2) is 18.4 Å². The molecule has 0 spiro atoms.